The molecule has 0 aliphatic heterocycles. The van der Waals surface area contributed by atoms with E-state index in [-0.39, 0.29) is 5.41 Å². The number of para-hydroxylation sites is 1. The van der Waals surface area contributed by atoms with Crippen molar-refractivity contribution in [1.29, 1.82) is 0 Å². The van der Waals surface area contributed by atoms with Crippen LogP contribution in [0.1, 0.15) is 45.7 Å². The van der Waals surface area contributed by atoms with Crippen LogP contribution in [0.4, 0.5) is 0 Å². The molecular weight excluding hydrogens is 210 g/mol. The predicted molar refractivity (Wildman–Crippen MR) is 73.5 cm³/mol. The molecule has 0 saturated carbocycles. The van der Waals surface area contributed by atoms with Gasteiger partial charge < -0.3 is 10.1 Å². The highest BCUT2D eigenvalue weighted by Gasteiger charge is 2.26. The molecule has 0 fully saturated rings. The van der Waals surface area contributed by atoms with E-state index in [1.807, 2.05) is 13.1 Å². The van der Waals surface area contributed by atoms with Crippen molar-refractivity contribution in [3.8, 4) is 5.75 Å². The lowest BCUT2D eigenvalue weighted by Gasteiger charge is -2.32. The number of nitrogens with one attached hydrogen (secondary N) is 1. The maximum Gasteiger partial charge on any atom is 0.124 e. The fourth-order valence-corrected chi connectivity index (χ4v) is 2.12. The average molecular weight is 235 g/mol. The topological polar surface area (TPSA) is 21.3 Å². The van der Waals surface area contributed by atoms with Crippen molar-refractivity contribution in [3.05, 3.63) is 29.8 Å². The summed E-state index contributed by atoms with van der Waals surface area (Å²) in [6, 6.07) is 8.61. The van der Waals surface area contributed by atoms with Crippen LogP contribution < -0.4 is 10.1 Å². The summed E-state index contributed by atoms with van der Waals surface area (Å²) in [5.41, 5.74) is 1.41. The molecule has 0 aliphatic rings. The Morgan fingerprint density at radius 3 is 2.41 bits per heavy atom. The van der Waals surface area contributed by atoms with E-state index in [0.29, 0.717) is 6.04 Å². The molecule has 1 unspecified atom stereocenters. The van der Waals surface area contributed by atoms with Gasteiger partial charge in [0, 0.05) is 11.6 Å². The van der Waals surface area contributed by atoms with Gasteiger partial charge in [0.2, 0.25) is 0 Å². The van der Waals surface area contributed by atoms with E-state index >= 15 is 0 Å². The van der Waals surface area contributed by atoms with Gasteiger partial charge in [-0.25, -0.2) is 0 Å². The monoisotopic (exact) mass is 235 g/mol. The van der Waals surface area contributed by atoms with Crippen molar-refractivity contribution >= 4 is 0 Å². The molecule has 2 nitrogen and oxygen atoms in total. The number of ether oxygens (including phenoxy) is 1. The third kappa shape index (κ3) is 3.74. The summed E-state index contributed by atoms with van der Waals surface area (Å²) in [5.74, 6) is 1.00. The lowest BCUT2D eigenvalue weighted by Crippen LogP contribution is -2.30. The van der Waals surface area contributed by atoms with Crippen LogP contribution in [0.25, 0.3) is 0 Å². The van der Waals surface area contributed by atoms with Gasteiger partial charge in [-0.1, -0.05) is 45.9 Å². The minimum absolute atomic E-state index is 0.167. The Morgan fingerprint density at radius 1 is 1.24 bits per heavy atom. The lowest BCUT2D eigenvalue weighted by molar-refractivity contribution is 0.265. The van der Waals surface area contributed by atoms with E-state index in [9.17, 15) is 0 Å². The maximum atomic E-state index is 5.82. The Bertz CT molecular complexity index is 341. The molecule has 0 aromatic heterocycles. The molecule has 1 aromatic carbocycles. The van der Waals surface area contributed by atoms with Crippen LogP contribution in [0, 0.1) is 5.41 Å². The van der Waals surface area contributed by atoms with Crippen LogP contribution >= 0.6 is 0 Å². The highest BCUT2D eigenvalue weighted by atomic mass is 16.5. The van der Waals surface area contributed by atoms with Crippen molar-refractivity contribution in [2.24, 2.45) is 5.41 Å². The van der Waals surface area contributed by atoms with Crippen molar-refractivity contribution in [2.45, 2.75) is 40.2 Å². The van der Waals surface area contributed by atoms with E-state index in [0.717, 1.165) is 18.8 Å². The molecular formula is C15H25NO. The van der Waals surface area contributed by atoms with E-state index in [1.165, 1.54) is 5.56 Å². The second-order valence-electron chi connectivity index (χ2n) is 5.47. The molecule has 2 heteroatoms. The Balaban J connectivity index is 3.02. The molecule has 1 aromatic rings. The first-order valence-electron chi connectivity index (χ1n) is 6.39. The van der Waals surface area contributed by atoms with E-state index in [1.54, 1.807) is 0 Å². The molecule has 0 aliphatic carbocycles. The first kappa shape index (κ1) is 14.0. The molecule has 1 rings (SSSR count). The third-order valence-corrected chi connectivity index (χ3v) is 2.85. The molecule has 0 amide bonds. The normalized spacial score (nSPS) is 13.5. The molecule has 96 valence electrons. The van der Waals surface area contributed by atoms with Crippen LogP contribution in [0.3, 0.4) is 0 Å². The van der Waals surface area contributed by atoms with E-state index in [4.69, 9.17) is 4.74 Å². The molecule has 0 spiro atoms. The summed E-state index contributed by atoms with van der Waals surface area (Å²) in [7, 11) is 2.01. The van der Waals surface area contributed by atoms with Crippen molar-refractivity contribution in [2.75, 3.05) is 13.7 Å². The zero-order valence-corrected chi connectivity index (χ0v) is 11.7. The van der Waals surface area contributed by atoms with Crippen molar-refractivity contribution < 1.29 is 4.74 Å². The fourth-order valence-electron chi connectivity index (χ4n) is 2.12. The molecule has 0 saturated heterocycles. The maximum absolute atomic E-state index is 5.82. The van der Waals surface area contributed by atoms with Crippen LogP contribution in [0.5, 0.6) is 5.75 Å². The van der Waals surface area contributed by atoms with Crippen molar-refractivity contribution in [3.63, 3.8) is 0 Å². The van der Waals surface area contributed by atoms with Gasteiger partial charge in [0.1, 0.15) is 5.75 Å². The van der Waals surface area contributed by atoms with Crippen LogP contribution in [0.2, 0.25) is 0 Å². The Morgan fingerprint density at radius 2 is 1.88 bits per heavy atom. The van der Waals surface area contributed by atoms with Gasteiger partial charge in [0.05, 0.1) is 6.61 Å². The Labute approximate surface area is 105 Å². The second-order valence-corrected chi connectivity index (χ2v) is 5.47. The number of benzene rings is 1. The van der Waals surface area contributed by atoms with Crippen molar-refractivity contribution in [1.82, 2.24) is 5.32 Å². The minimum atomic E-state index is 0.167. The number of hydrogen-bond acceptors (Lipinski definition) is 2. The zero-order chi connectivity index (χ0) is 12.9. The van der Waals surface area contributed by atoms with Gasteiger partial charge in [0.25, 0.3) is 0 Å². The number of rotatable bonds is 5. The largest absolute Gasteiger partial charge is 0.493 e. The van der Waals surface area contributed by atoms with E-state index in [2.05, 4.69) is 51.2 Å². The number of hydrogen-bond donors (Lipinski definition) is 1. The van der Waals surface area contributed by atoms with Crippen LogP contribution in [-0.4, -0.2) is 13.7 Å². The molecule has 0 heterocycles. The predicted octanol–water partition coefficient (Wildman–Crippen LogP) is 3.78. The Kier molecular flexibility index (Phi) is 5.01. The van der Waals surface area contributed by atoms with Crippen LogP contribution in [0.15, 0.2) is 24.3 Å². The smallest absolute Gasteiger partial charge is 0.124 e. The van der Waals surface area contributed by atoms with Gasteiger partial charge in [-0.3, -0.25) is 0 Å². The first-order valence-corrected chi connectivity index (χ1v) is 6.39. The molecule has 17 heavy (non-hydrogen) atoms. The summed E-state index contributed by atoms with van der Waals surface area (Å²) in [4.78, 5) is 0. The zero-order valence-electron chi connectivity index (χ0n) is 11.7. The first-order chi connectivity index (χ1) is 8.00. The summed E-state index contributed by atoms with van der Waals surface area (Å²) in [6.07, 6.45) is 1.04. The van der Waals surface area contributed by atoms with Gasteiger partial charge in [-0.05, 0) is 24.9 Å². The van der Waals surface area contributed by atoms with E-state index < -0.39 is 0 Å². The second kappa shape index (κ2) is 6.06. The summed E-state index contributed by atoms with van der Waals surface area (Å²) < 4.78 is 5.82. The molecule has 0 radical (unpaired) electrons. The summed E-state index contributed by atoms with van der Waals surface area (Å²) >= 11 is 0. The molecule has 1 atom stereocenters. The Hall–Kier alpha value is -1.02. The third-order valence-electron chi connectivity index (χ3n) is 2.85. The average Bonchev–Trinajstić information content (AvgIpc) is 2.27. The van der Waals surface area contributed by atoms with Gasteiger partial charge in [-0.2, -0.15) is 0 Å². The highest BCUT2D eigenvalue weighted by molar-refractivity contribution is 5.36. The van der Waals surface area contributed by atoms with Gasteiger partial charge >= 0.3 is 0 Å². The minimum Gasteiger partial charge on any atom is -0.493 e. The fraction of sp³-hybridized carbons (Fsp3) is 0.600. The molecule has 1 N–H and O–H groups in total. The highest BCUT2D eigenvalue weighted by Crippen LogP contribution is 2.37. The quantitative estimate of drug-likeness (QED) is 0.838. The lowest BCUT2D eigenvalue weighted by atomic mass is 9.82. The van der Waals surface area contributed by atoms with Gasteiger partial charge in [0.15, 0.2) is 0 Å². The SMILES string of the molecule is CCCOc1ccccc1C(NC)C(C)(C)C. The van der Waals surface area contributed by atoms with Crippen LogP contribution in [-0.2, 0) is 0 Å². The standard InChI is InChI=1S/C15H25NO/c1-6-11-17-13-10-8-7-9-12(13)14(16-5)15(2,3)4/h7-10,14,16H,6,11H2,1-5H3. The summed E-state index contributed by atoms with van der Waals surface area (Å²) in [6.45, 7) is 9.62. The van der Waals surface area contributed by atoms with Gasteiger partial charge in [-0.15, -0.1) is 0 Å². The summed E-state index contributed by atoms with van der Waals surface area (Å²) in [5, 5.41) is 3.40. The molecule has 0 bridgehead atoms.